The smallest absolute Gasteiger partial charge is 0.425 e. The summed E-state index contributed by atoms with van der Waals surface area (Å²) in [6.45, 7) is 0. The summed E-state index contributed by atoms with van der Waals surface area (Å²) in [7, 11) is 1.16. The molecule has 6 nitrogen and oxygen atoms in total. The van der Waals surface area contributed by atoms with E-state index in [0.717, 1.165) is 7.11 Å². The number of rotatable bonds is 1. The van der Waals surface area contributed by atoms with Gasteiger partial charge in [-0.3, -0.25) is 0 Å². The molecule has 0 atom stereocenters. The Bertz CT molecular complexity index is 380. The summed E-state index contributed by atoms with van der Waals surface area (Å²) in [5.74, 6) is -0.404. The highest BCUT2D eigenvalue weighted by molar-refractivity contribution is 5.90. The van der Waals surface area contributed by atoms with E-state index < -0.39 is 17.9 Å². The normalized spacial score (nSPS) is 9.12. The van der Waals surface area contributed by atoms with Crippen LogP contribution in [0.25, 0.3) is 0 Å². The molecule has 16 heavy (non-hydrogen) atoms. The second kappa shape index (κ2) is 5.54. The molecule has 0 saturated carbocycles. The van der Waals surface area contributed by atoms with Crippen molar-refractivity contribution in [1.82, 2.24) is 10.9 Å². The van der Waals surface area contributed by atoms with Crippen molar-refractivity contribution in [2.24, 2.45) is 0 Å². The number of carbonyl (C=O) groups is 2. The van der Waals surface area contributed by atoms with E-state index in [4.69, 9.17) is 0 Å². The minimum Gasteiger partial charge on any atom is -0.452 e. The maximum atomic E-state index is 12.5. The molecule has 7 heteroatoms. The summed E-state index contributed by atoms with van der Waals surface area (Å²) in [4.78, 5) is 21.7. The zero-order valence-electron chi connectivity index (χ0n) is 8.41. The quantitative estimate of drug-likeness (QED) is 0.631. The van der Waals surface area contributed by atoms with Crippen molar-refractivity contribution in [3.05, 3.63) is 30.1 Å². The van der Waals surface area contributed by atoms with Gasteiger partial charge in [0, 0.05) is 5.69 Å². The summed E-state index contributed by atoms with van der Waals surface area (Å²) in [6.07, 6.45) is -0.797. The molecule has 0 spiro atoms. The molecule has 0 radical (unpaired) electrons. The third-order valence-electron chi connectivity index (χ3n) is 1.57. The van der Waals surface area contributed by atoms with Gasteiger partial charge in [-0.1, -0.05) is 0 Å². The van der Waals surface area contributed by atoms with E-state index in [1.54, 1.807) is 0 Å². The topological polar surface area (TPSA) is 79.5 Å². The van der Waals surface area contributed by atoms with E-state index in [9.17, 15) is 14.0 Å². The standard InChI is InChI=1S/C9H10FN3O3/c1-16-9(15)13-12-8(14)11-7-4-2-6(10)3-5-7/h2-5H,1H3,(H,13,15)(H2,11,12,14). The lowest BCUT2D eigenvalue weighted by Crippen LogP contribution is -2.43. The van der Waals surface area contributed by atoms with Crippen LogP contribution in [0.4, 0.5) is 19.7 Å². The molecule has 0 fully saturated rings. The Morgan fingerprint density at radius 2 is 1.81 bits per heavy atom. The Kier molecular flexibility index (Phi) is 4.07. The van der Waals surface area contributed by atoms with Crippen LogP contribution in [0.1, 0.15) is 0 Å². The van der Waals surface area contributed by atoms with Crippen LogP contribution in [0.3, 0.4) is 0 Å². The molecule has 0 unspecified atom stereocenters. The maximum Gasteiger partial charge on any atom is 0.425 e. The Morgan fingerprint density at radius 1 is 1.19 bits per heavy atom. The van der Waals surface area contributed by atoms with Crippen molar-refractivity contribution in [2.45, 2.75) is 0 Å². The van der Waals surface area contributed by atoms with E-state index in [1.165, 1.54) is 24.3 Å². The second-order valence-electron chi connectivity index (χ2n) is 2.70. The van der Waals surface area contributed by atoms with Gasteiger partial charge in [0.25, 0.3) is 0 Å². The van der Waals surface area contributed by atoms with Gasteiger partial charge in [-0.2, -0.15) is 0 Å². The van der Waals surface area contributed by atoms with Crippen LogP contribution >= 0.6 is 0 Å². The van der Waals surface area contributed by atoms with Gasteiger partial charge in [0.15, 0.2) is 0 Å². The van der Waals surface area contributed by atoms with Gasteiger partial charge in [-0.25, -0.2) is 24.8 Å². The minimum absolute atomic E-state index is 0.394. The molecule has 0 heterocycles. The van der Waals surface area contributed by atoms with E-state index in [0.29, 0.717) is 5.69 Å². The fraction of sp³-hybridized carbons (Fsp3) is 0.111. The second-order valence-corrected chi connectivity index (χ2v) is 2.70. The van der Waals surface area contributed by atoms with Crippen molar-refractivity contribution < 1.29 is 18.7 Å². The number of anilines is 1. The van der Waals surface area contributed by atoms with Crippen LogP contribution < -0.4 is 16.2 Å². The zero-order chi connectivity index (χ0) is 12.0. The highest BCUT2D eigenvalue weighted by Crippen LogP contribution is 2.07. The predicted molar refractivity (Wildman–Crippen MR) is 54.1 cm³/mol. The van der Waals surface area contributed by atoms with Crippen molar-refractivity contribution in [2.75, 3.05) is 12.4 Å². The van der Waals surface area contributed by atoms with E-state index in [2.05, 4.69) is 10.1 Å². The number of ether oxygens (including phenoxy) is 1. The molecule has 1 aromatic rings. The molecular formula is C9H10FN3O3. The van der Waals surface area contributed by atoms with Crippen LogP contribution in [-0.2, 0) is 4.74 Å². The molecule has 0 bridgehead atoms. The molecule has 0 aromatic heterocycles. The van der Waals surface area contributed by atoms with Gasteiger partial charge in [-0.05, 0) is 24.3 Å². The molecule has 3 amide bonds. The van der Waals surface area contributed by atoms with Crippen molar-refractivity contribution in [3.63, 3.8) is 0 Å². The summed E-state index contributed by atoms with van der Waals surface area (Å²) in [5.41, 5.74) is 4.39. The molecule has 86 valence electrons. The average molecular weight is 227 g/mol. The first-order chi connectivity index (χ1) is 7.61. The number of urea groups is 1. The highest BCUT2D eigenvalue weighted by atomic mass is 19.1. The first-order valence-electron chi connectivity index (χ1n) is 4.28. The largest absolute Gasteiger partial charge is 0.452 e. The molecule has 0 saturated heterocycles. The van der Waals surface area contributed by atoms with Crippen molar-refractivity contribution >= 4 is 17.8 Å². The van der Waals surface area contributed by atoms with E-state index >= 15 is 0 Å². The minimum atomic E-state index is -0.797. The van der Waals surface area contributed by atoms with Crippen LogP contribution in [0, 0.1) is 5.82 Å². The van der Waals surface area contributed by atoms with Gasteiger partial charge in [0.05, 0.1) is 7.11 Å². The first kappa shape index (κ1) is 11.8. The molecule has 0 aliphatic heterocycles. The number of benzene rings is 1. The summed E-state index contributed by atoms with van der Waals surface area (Å²) in [5, 5.41) is 2.36. The maximum absolute atomic E-state index is 12.5. The lowest BCUT2D eigenvalue weighted by atomic mass is 10.3. The molecular weight excluding hydrogens is 217 g/mol. The predicted octanol–water partition coefficient (Wildman–Crippen LogP) is 1.22. The van der Waals surface area contributed by atoms with Crippen LogP contribution in [0.15, 0.2) is 24.3 Å². The van der Waals surface area contributed by atoms with Crippen LogP contribution in [-0.4, -0.2) is 19.2 Å². The molecule has 0 aliphatic carbocycles. The monoisotopic (exact) mass is 227 g/mol. The third-order valence-corrected chi connectivity index (χ3v) is 1.57. The average Bonchev–Trinajstić information content (AvgIpc) is 2.29. The first-order valence-corrected chi connectivity index (χ1v) is 4.28. The SMILES string of the molecule is COC(=O)NNC(=O)Nc1ccc(F)cc1. The number of hydrogen-bond acceptors (Lipinski definition) is 3. The van der Waals surface area contributed by atoms with Gasteiger partial charge < -0.3 is 10.1 Å². The Labute approximate surface area is 90.7 Å². The molecule has 0 aliphatic rings. The Hall–Kier alpha value is -2.31. The van der Waals surface area contributed by atoms with E-state index in [1.807, 2.05) is 10.9 Å². The summed E-state index contributed by atoms with van der Waals surface area (Å²) < 4.78 is 16.7. The number of amides is 3. The van der Waals surface area contributed by atoms with Crippen LogP contribution in [0.2, 0.25) is 0 Å². The van der Waals surface area contributed by atoms with Crippen LogP contribution in [0.5, 0.6) is 0 Å². The zero-order valence-corrected chi connectivity index (χ0v) is 8.41. The number of nitrogens with one attached hydrogen (secondary N) is 3. The number of halogens is 1. The Morgan fingerprint density at radius 3 is 2.38 bits per heavy atom. The number of hydrazine groups is 1. The number of hydrogen-bond donors (Lipinski definition) is 3. The summed E-state index contributed by atoms with van der Waals surface area (Å²) >= 11 is 0. The van der Waals surface area contributed by atoms with Gasteiger partial charge >= 0.3 is 12.1 Å². The van der Waals surface area contributed by atoms with Gasteiger partial charge in [0.2, 0.25) is 0 Å². The molecule has 1 rings (SSSR count). The van der Waals surface area contributed by atoms with Gasteiger partial charge in [0.1, 0.15) is 5.82 Å². The van der Waals surface area contributed by atoms with Crippen molar-refractivity contribution in [1.29, 1.82) is 0 Å². The fourth-order valence-corrected chi connectivity index (χ4v) is 0.854. The highest BCUT2D eigenvalue weighted by Gasteiger charge is 2.03. The lowest BCUT2D eigenvalue weighted by molar-refractivity contribution is 0.166. The lowest BCUT2D eigenvalue weighted by Gasteiger charge is -2.07. The fourth-order valence-electron chi connectivity index (χ4n) is 0.854. The van der Waals surface area contributed by atoms with Crippen molar-refractivity contribution in [3.8, 4) is 0 Å². The summed E-state index contributed by atoms with van der Waals surface area (Å²) in [6, 6.07) is 4.49. The number of methoxy groups -OCH3 is 1. The molecule has 1 aromatic carbocycles. The Balaban J connectivity index is 2.40. The third kappa shape index (κ3) is 3.82. The van der Waals surface area contributed by atoms with E-state index in [-0.39, 0.29) is 0 Å². The molecule has 3 N–H and O–H groups in total. The number of carbonyl (C=O) groups excluding carboxylic acids is 2. The van der Waals surface area contributed by atoms with Gasteiger partial charge in [-0.15, -0.1) is 0 Å².